The van der Waals surface area contributed by atoms with Gasteiger partial charge in [-0.05, 0) is 41.8 Å². The van der Waals surface area contributed by atoms with Crippen molar-refractivity contribution in [3.8, 4) is 5.75 Å². The van der Waals surface area contributed by atoms with E-state index in [1.165, 1.54) is 0 Å². The molecule has 7 heteroatoms. The fourth-order valence-electron chi connectivity index (χ4n) is 1.99. The van der Waals surface area contributed by atoms with Crippen LogP contribution >= 0.6 is 27.5 Å². The van der Waals surface area contributed by atoms with Crippen molar-refractivity contribution in [1.29, 1.82) is 0 Å². The summed E-state index contributed by atoms with van der Waals surface area (Å²) >= 11 is 9.28. The molecule has 25 heavy (non-hydrogen) atoms. The first-order valence-electron chi connectivity index (χ1n) is 7.64. The second kappa shape index (κ2) is 8.87. The van der Waals surface area contributed by atoms with Crippen LogP contribution in [0.1, 0.15) is 35.7 Å². The third kappa shape index (κ3) is 5.76. The Balaban J connectivity index is 1.81. The van der Waals surface area contributed by atoms with Gasteiger partial charge in [0.05, 0.1) is 5.02 Å². The van der Waals surface area contributed by atoms with Crippen LogP contribution in [0.4, 0.5) is 0 Å². The van der Waals surface area contributed by atoms with E-state index >= 15 is 0 Å². The third-order valence-corrected chi connectivity index (χ3v) is 4.20. The molecule has 132 valence electrons. The van der Waals surface area contributed by atoms with E-state index in [4.69, 9.17) is 16.3 Å². The summed E-state index contributed by atoms with van der Waals surface area (Å²) in [5, 5.41) is 0.386. The predicted octanol–water partition coefficient (Wildman–Crippen LogP) is 4.07. The quantitative estimate of drug-likeness (QED) is 0.710. The average molecular weight is 426 g/mol. The summed E-state index contributed by atoms with van der Waals surface area (Å²) < 4.78 is 6.13. The molecule has 2 N–H and O–H groups in total. The fourth-order valence-corrected chi connectivity index (χ4v) is 2.72. The maximum atomic E-state index is 12.0. The molecule has 2 aromatic rings. The maximum absolute atomic E-state index is 12.0. The summed E-state index contributed by atoms with van der Waals surface area (Å²) in [7, 11) is 0. The van der Waals surface area contributed by atoms with E-state index in [-0.39, 0.29) is 6.61 Å². The summed E-state index contributed by atoms with van der Waals surface area (Å²) in [6.45, 7) is 3.88. The molecule has 0 bridgehead atoms. The number of hydrogen-bond acceptors (Lipinski definition) is 3. The van der Waals surface area contributed by atoms with Crippen molar-refractivity contribution >= 4 is 39.3 Å². The molecule has 0 saturated carbocycles. The number of amides is 2. The molecule has 0 atom stereocenters. The Morgan fingerprint density at radius 3 is 2.40 bits per heavy atom. The Bertz CT molecular complexity index is 763. The van der Waals surface area contributed by atoms with Gasteiger partial charge < -0.3 is 4.74 Å². The Labute approximate surface area is 159 Å². The molecule has 0 radical (unpaired) electrons. The molecule has 5 nitrogen and oxygen atoms in total. The zero-order valence-corrected chi connectivity index (χ0v) is 16.1. The van der Waals surface area contributed by atoms with Crippen molar-refractivity contribution in [3.63, 3.8) is 0 Å². The number of ether oxygens (including phenoxy) is 1. The molecule has 2 rings (SSSR count). The Kier molecular flexibility index (Phi) is 6.84. The van der Waals surface area contributed by atoms with Crippen molar-refractivity contribution in [2.24, 2.45) is 0 Å². The first-order valence-corrected chi connectivity index (χ1v) is 8.81. The molecule has 0 saturated heterocycles. The number of hydrazine groups is 1. The molecular formula is C18H18BrClN2O3. The highest BCUT2D eigenvalue weighted by molar-refractivity contribution is 9.10. The molecule has 2 aromatic carbocycles. The molecular weight excluding hydrogens is 408 g/mol. The highest BCUT2D eigenvalue weighted by Gasteiger charge is 2.10. The van der Waals surface area contributed by atoms with Gasteiger partial charge in [-0.1, -0.05) is 53.5 Å². The van der Waals surface area contributed by atoms with Crippen LogP contribution in [-0.4, -0.2) is 18.4 Å². The number of benzene rings is 2. The molecule has 0 unspecified atom stereocenters. The highest BCUT2D eigenvalue weighted by Crippen LogP contribution is 2.27. The lowest BCUT2D eigenvalue weighted by molar-refractivity contribution is -0.123. The van der Waals surface area contributed by atoms with Crippen LogP contribution in [0.15, 0.2) is 46.9 Å². The van der Waals surface area contributed by atoms with Gasteiger partial charge in [0.15, 0.2) is 6.61 Å². The minimum atomic E-state index is -0.494. The number of carbonyl (C=O) groups is 2. The van der Waals surface area contributed by atoms with Gasteiger partial charge >= 0.3 is 0 Å². The van der Waals surface area contributed by atoms with E-state index in [0.29, 0.717) is 22.3 Å². The van der Waals surface area contributed by atoms with Gasteiger partial charge in [0.2, 0.25) is 0 Å². The third-order valence-electron chi connectivity index (χ3n) is 3.41. The molecule has 2 amide bonds. The Hall–Kier alpha value is -2.05. The maximum Gasteiger partial charge on any atom is 0.276 e. The molecule has 0 heterocycles. The predicted molar refractivity (Wildman–Crippen MR) is 101 cm³/mol. The molecule has 0 aromatic heterocycles. The van der Waals surface area contributed by atoms with Crippen LogP contribution in [0, 0.1) is 0 Å². The smallest absolute Gasteiger partial charge is 0.276 e. The molecule has 0 aliphatic rings. The minimum absolute atomic E-state index is 0.270. The van der Waals surface area contributed by atoms with Gasteiger partial charge in [-0.15, -0.1) is 0 Å². The summed E-state index contributed by atoms with van der Waals surface area (Å²) in [6.07, 6.45) is 0. The SMILES string of the molecule is CC(C)c1ccc(C(=O)NNC(=O)COc2ccc(Br)cc2Cl)cc1. The molecule has 0 aliphatic heterocycles. The minimum Gasteiger partial charge on any atom is -0.482 e. The van der Waals surface area contributed by atoms with Crippen molar-refractivity contribution in [2.75, 3.05) is 6.61 Å². The van der Waals surface area contributed by atoms with Gasteiger partial charge in [-0.2, -0.15) is 0 Å². The van der Waals surface area contributed by atoms with Crippen LogP contribution in [0.25, 0.3) is 0 Å². The standard InChI is InChI=1S/C18H18BrClN2O3/c1-11(2)12-3-5-13(6-4-12)18(24)22-21-17(23)10-25-16-8-7-14(19)9-15(16)20/h3-9,11H,10H2,1-2H3,(H,21,23)(H,22,24). The van der Waals surface area contributed by atoms with Crippen molar-refractivity contribution in [3.05, 3.63) is 63.1 Å². The van der Waals surface area contributed by atoms with Gasteiger partial charge in [-0.3, -0.25) is 20.4 Å². The second-order valence-corrected chi connectivity index (χ2v) is 6.97. The van der Waals surface area contributed by atoms with E-state index in [2.05, 4.69) is 40.6 Å². The van der Waals surface area contributed by atoms with E-state index < -0.39 is 11.8 Å². The van der Waals surface area contributed by atoms with Crippen LogP contribution in [-0.2, 0) is 4.79 Å². The van der Waals surface area contributed by atoms with E-state index in [1.54, 1.807) is 30.3 Å². The summed E-state index contributed by atoms with van der Waals surface area (Å²) in [5.74, 6) is -0.119. The zero-order valence-electron chi connectivity index (χ0n) is 13.8. The fraction of sp³-hybridized carbons (Fsp3) is 0.222. The summed E-state index contributed by atoms with van der Waals surface area (Å²) in [5.41, 5.74) is 6.25. The molecule has 0 spiro atoms. The van der Waals surface area contributed by atoms with E-state index in [9.17, 15) is 9.59 Å². The number of rotatable bonds is 5. The van der Waals surface area contributed by atoms with Crippen molar-refractivity contribution in [2.45, 2.75) is 19.8 Å². The Morgan fingerprint density at radius 2 is 1.80 bits per heavy atom. The lowest BCUT2D eigenvalue weighted by Crippen LogP contribution is -2.43. The largest absolute Gasteiger partial charge is 0.482 e. The van der Waals surface area contributed by atoms with Gasteiger partial charge in [0.1, 0.15) is 5.75 Å². The number of halogens is 2. The number of nitrogens with one attached hydrogen (secondary N) is 2. The van der Waals surface area contributed by atoms with Gasteiger partial charge in [-0.25, -0.2) is 0 Å². The van der Waals surface area contributed by atoms with Crippen LogP contribution in [0.3, 0.4) is 0 Å². The summed E-state index contributed by atoms with van der Waals surface area (Å²) in [6, 6.07) is 12.3. The van der Waals surface area contributed by atoms with Crippen molar-refractivity contribution in [1.82, 2.24) is 10.9 Å². The van der Waals surface area contributed by atoms with Crippen LogP contribution in [0.5, 0.6) is 5.75 Å². The number of hydrogen-bond donors (Lipinski definition) is 2. The first kappa shape index (κ1) is 19.3. The monoisotopic (exact) mass is 424 g/mol. The lowest BCUT2D eigenvalue weighted by atomic mass is 10.0. The second-order valence-electron chi connectivity index (χ2n) is 5.64. The normalized spacial score (nSPS) is 10.4. The topological polar surface area (TPSA) is 67.4 Å². The molecule has 0 fully saturated rings. The first-order chi connectivity index (χ1) is 11.9. The summed E-state index contributed by atoms with van der Waals surface area (Å²) in [4.78, 5) is 23.8. The van der Waals surface area contributed by atoms with E-state index in [1.807, 2.05) is 12.1 Å². The van der Waals surface area contributed by atoms with E-state index in [0.717, 1.165) is 10.0 Å². The van der Waals surface area contributed by atoms with Crippen LogP contribution < -0.4 is 15.6 Å². The average Bonchev–Trinajstić information content (AvgIpc) is 2.59. The molecule has 0 aliphatic carbocycles. The van der Waals surface area contributed by atoms with Gasteiger partial charge in [0, 0.05) is 10.0 Å². The lowest BCUT2D eigenvalue weighted by Gasteiger charge is -2.10. The Morgan fingerprint density at radius 1 is 1.12 bits per heavy atom. The van der Waals surface area contributed by atoms with Gasteiger partial charge in [0.25, 0.3) is 11.8 Å². The highest BCUT2D eigenvalue weighted by atomic mass is 79.9. The van der Waals surface area contributed by atoms with Crippen LogP contribution in [0.2, 0.25) is 5.02 Å². The van der Waals surface area contributed by atoms with Crippen molar-refractivity contribution < 1.29 is 14.3 Å². The zero-order chi connectivity index (χ0) is 18.4. The number of carbonyl (C=O) groups excluding carboxylic acids is 2.